The summed E-state index contributed by atoms with van der Waals surface area (Å²) >= 11 is 0. The molecule has 140 valence electrons. The Morgan fingerprint density at radius 1 is 1.33 bits per heavy atom. The maximum atomic E-state index is 12.0. The van der Waals surface area contributed by atoms with Crippen molar-refractivity contribution in [2.75, 3.05) is 5.32 Å². The first-order chi connectivity index (χ1) is 12.8. The summed E-state index contributed by atoms with van der Waals surface area (Å²) in [5.74, 6) is -1.79. The van der Waals surface area contributed by atoms with E-state index in [4.69, 9.17) is 4.74 Å². The van der Waals surface area contributed by atoms with E-state index < -0.39 is 16.8 Å². The van der Waals surface area contributed by atoms with Crippen molar-refractivity contribution >= 4 is 17.3 Å². The van der Waals surface area contributed by atoms with E-state index in [0.29, 0.717) is 16.9 Å². The number of benzene rings is 1. The van der Waals surface area contributed by atoms with Gasteiger partial charge in [-0.2, -0.15) is 0 Å². The molecule has 2 aromatic rings. The molecule has 1 atom stereocenters. The number of nitrogens with one attached hydrogen (secondary N) is 1. The first-order valence-electron chi connectivity index (χ1n) is 8.41. The number of rotatable bonds is 5. The highest BCUT2D eigenvalue weighted by Crippen LogP contribution is 2.47. The third-order valence-electron chi connectivity index (χ3n) is 4.28. The van der Waals surface area contributed by atoms with Crippen molar-refractivity contribution < 1.29 is 19.6 Å². The summed E-state index contributed by atoms with van der Waals surface area (Å²) < 4.78 is 5.79. The molecule has 0 saturated heterocycles. The number of hydrogen-bond donors (Lipinski definition) is 2. The Morgan fingerprint density at radius 3 is 2.67 bits per heavy atom. The maximum absolute atomic E-state index is 12.0. The number of ether oxygens (including phenoxy) is 1. The number of allylic oxidation sites excluding steroid dienone is 1. The second-order valence-corrected chi connectivity index (χ2v) is 6.46. The molecule has 0 bridgehead atoms. The van der Waals surface area contributed by atoms with E-state index in [0.717, 1.165) is 0 Å². The number of carbonyl (C=O) groups is 1. The van der Waals surface area contributed by atoms with Gasteiger partial charge in [0, 0.05) is 29.2 Å². The zero-order chi connectivity index (χ0) is 19.7. The van der Waals surface area contributed by atoms with Gasteiger partial charge < -0.3 is 15.2 Å². The molecule has 2 heterocycles. The smallest absolute Gasteiger partial charge is 0.334 e. The number of para-hydroxylation sites is 1. The van der Waals surface area contributed by atoms with Gasteiger partial charge in [0.1, 0.15) is 0 Å². The van der Waals surface area contributed by atoms with Crippen LogP contribution in [0.15, 0.2) is 47.8 Å². The predicted octanol–water partition coefficient (Wildman–Crippen LogP) is 3.69. The fraction of sp³-hybridized carbons (Fsp3) is 0.263. The summed E-state index contributed by atoms with van der Waals surface area (Å²) in [6, 6.07) is 7.84. The van der Waals surface area contributed by atoms with Crippen LogP contribution in [0.1, 0.15) is 37.8 Å². The Hall–Kier alpha value is -3.42. The first-order valence-corrected chi connectivity index (χ1v) is 8.41. The minimum absolute atomic E-state index is 0.0263. The topological polar surface area (TPSA) is 115 Å². The van der Waals surface area contributed by atoms with Crippen LogP contribution in [-0.4, -0.2) is 27.1 Å². The molecular weight excluding hydrogens is 350 g/mol. The summed E-state index contributed by atoms with van der Waals surface area (Å²) in [6.45, 7) is 5.30. The van der Waals surface area contributed by atoms with Crippen LogP contribution in [0.3, 0.4) is 0 Å². The SMILES string of the molecule is CC1=C(C(=O)O)C(c2ccccc2[N+](=O)[O-])c2c(ccnc2OC(C)C)N1. The Morgan fingerprint density at radius 2 is 2.04 bits per heavy atom. The van der Waals surface area contributed by atoms with E-state index in [1.165, 1.54) is 6.07 Å². The monoisotopic (exact) mass is 369 g/mol. The van der Waals surface area contributed by atoms with Gasteiger partial charge in [-0.1, -0.05) is 18.2 Å². The number of nitro groups is 1. The summed E-state index contributed by atoms with van der Waals surface area (Å²) in [4.78, 5) is 27.4. The molecule has 1 aromatic heterocycles. The van der Waals surface area contributed by atoms with Crippen LogP contribution >= 0.6 is 0 Å². The molecule has 1 unspecified atom stereocenters. The number of nitro benzene ring substituents is 1. The number of pyridine rings is 1. The largest absolute Gasteiger partial charge is 0.478 e. The average Bonchev–Trinajstić information content (AvgIpc) is 2.59. The molecule has 0 radical (unpaired) electrons. The highest BCUT2D eigenvalue weighted by atomic mass is 16.6. The van der Waals surface area contributed by atoms with Crippen LogP contribution in [0.4, 0.5) is 11.4 Å². The van der Waals surface area contributed by atoms with Crippen LogP contribution in [-0.2, 0) is 4.79 Å². The zero-order valence-corrected chi connectivity index (χ0v) is 15.1. The van der Waals surface area contributed by atoms with Crippen molar-refractivity contribution in [1.82, 2.24) is 4.98 Å². The Balaban J connectivity index is 2.34. The molecule has 1 aliphatic rings. The molecule has 0 fully saturated rings. The molecule has 27 heavy (non-hydrogen) atoms. The number of hydrogen-bond acceptors (Lipinski definition) is 6. The zero-order valence-electron chi connectivity index (χ0n) is 15.1. The van der Waals surface area contributed by atoms with E-state index in [1.54, 1.807) is 37.4 Å². The van der Waals surface area contributed by atoms with Gasteiger partial charge in [-0.15, -0.1) is 0 Å². The fourth-order valence-corrected chi connectivity index (χ4v) is 3.28. The molecule has 3 rings (SSSR count). The molecule has 0 aliphatic carbocycles. The van der Waals surface area contributed by atoms with Crippen molar-refractivity contribution in [1.29, 1.82) is 0 Å². The van der Waals surface area contributed by atoms with Gasteiger partial charge in [-0.25, -0.2) is 9.78 Å². The molecular formula is C19H19N3O5. The summed E-state index contributed by atoms with van der Waals surface area (Å²) in [7, 11) is 0. The van der Waals surface area contributed by atoms with E-state index >= 15 is 0 Å². The Bertz CT molecular complexity index is 952. The lowest BCUT2D eigenvalue weighted by molar-refractivity contribution is -0.385. The molecule has 1 aliphatic heterocycles. The second kappa shape index (κ2) is 7.06. The number of anilines is 1. The molecule has 0 saturated carbocycles. The second-order valence-electron chi connectivity index (χ2n) is 6.46. The van der Waals surface area contributed by atoms with Gasteiger partial charge in [-0.05, 0) is 26.8 Å². The Kier molecular flexibility index (Phi) is 4.81. The number of aliphatic carboxylic acids is 1. The van der Waals surface area contributed by atoms with Gasteiger partial charge in [0.25, 0.3) is 5.69 Å². The van der Waals surface area contributed by atoms with Crippen molar-refractivity contribution in [3.05, 3.63) is 69.0 Å². The standard InChI is InChI=1S/C19H19N3O5/c1-10(2)27-18-17-13(8-9-20-18)21-11(3)15(19(23)24)16(17)12-6-4-5-7-14(12)22(25)26/h4-10,16,21H,1-3H3,(H,23,24). The van der Waals surface area contributed by atoms with E-state index in [2.05, 4.69) is 10.3 Å². The molecule has 8 heteroatoms. The average molecular weight is 369 g/mol. The molecule has 2 N–H and O–H groups in total. The summed E-state index contributed by atoms with van der Waals surface area (Å²) in [6.07, 6.45) is 1.36. The minimum atomic E-state index is -1.16. The number of nitrogens with zero attached hydrogens (tertiary/aromatic N) is 2. The van der Waals surface area contributed by atoms with Crippen molar-refractivity contribution in [3.63, 3.8) is 0 Å². The highest BCUT2D eigenvalue weighted by molar-refractivity contribution is 5.94. The maximum Gasteiger partial charge on any atom is 0.334 e. The van der Waals surface area contributed by atoms with E-state index in [1.807, 2.05) is 13.8 Å². The third-order valence-corrected chi connectivity index (χ3v) is 4.28. The number of fused-ring (bicyclic) bond motifs is 1. The van der Waals surface area contributed by atoms with Crippen LogP contribution in [0.25, 0.3) is 0 Å². The lowest BCUT2D eigenvalue weighted by Crippen LogP contribution is -2.25. The highest BCUT2D eigenvalue weighted by Gasteiger charge is 2.38. The predicted molar refractivity (Wildman–Crippen MR) is 98.9 cm³/mol. The molecule has 8 nitrogen and oxygen atoms in total. The number of carboxylic acids is 1. The van der Waals surface area contributed by atoms with Gasteiger partial charge in [-0.3, -0.25) is 10.1 Å². The van der Waals surface area contributed by atoms with E-state index in [9.17, 15) is 20.0 Å². The number of aromatic nitrogens is 1. The fourth-order valence-electron chi connectivity index (χ4n) is 3.28. The van der Waals surface area contributed by atoms with Crippen LogP contribution in [0.5, 0.6) is 5.88 Å². The molecule has 0 amide bonds. The first kappa shape index (κ1) is 18.4. The van der Waals surface area contributed by atoms with Gasteiger partial charge in [0.05, 0.1) is 28.1 Å². The van der Waals surface area contributed by atoms with E-state index in [-0.39, 0.29) is 28.8 Å². The normalized spacial score (nSPS) is 15.9. The molecule has 1 aromatic carbocycles. The summed E-state index contributed by atoms with van der Waals surface area (Å²) in [5.41, 5.74) is 1.66. The Labute approximate surface area is 155 Å². The quantitative estimate of drug-likeness (QED) is 0.610. The lowest BCUT2D eigenvalue weighted by Gasteiger charge is -2.30. The van der Waals surface area contributed by atoms with Crippen LogP contribution in [0.2, 0.25) is 0 Å². The summed E-state index contributed by atoms with van der Waals surface area (Å²) in [5, 5.41) is 24.5. The van der Waals surface area contributed by atoms with Gasteiger partial charge >= 0.3 is 5.97 Å². The number of carboxylic acid groups (broad SMARTS) is 1. The van der Waals surface area contributed by atoms with Crippen molar-refractivity contribution in [2.45, 2.75) is 32.8 Å². The lowest BCUT2D eigenvalue weighted by atomic mass is 9.80. The van der Waals surface area contributed by atoms with Crippen LogP contribution in [0, 0.1) is 10.1 Å². The third kappa shape index (κ3) is 3.33. The van der Waals surface area contributed by atoms with Crippen LogP contribution < -0.4 is 10.1 Å². The van der Waals surface area contributed by atoms with Crippen molar-refractivity contribution in [3.8, 4) is 5.88 Å². The van der Waals surface area contributed by atoms with Crippen molar-refractivity contribution in [2.24, 2.45) is 0 Å². The van der Waals surface area contributed by atoms with Gasteiger partial charge in [0.15, 0.2) is 0 Å². The minimum Gasteiger partial charge on any atom is -0.478 e. The molecule has 0 spiro atoms. The van der Waals surface area contributed by atoms with Gasteiger partial charge in [0.2, 0.25) is 5.88 Å².